The average molecular weight is 285 g/mol. The van der Waals surface area contributed by atoms with Gasteiger partial charge in [0.25, 0.3) is 0 Å². The molecule has 2 heterocycles. The maximum atomic E-state index is 4.81. The number of nitrogens with one attached hydrogen (secondary N) is 1. The number of hydrogen-bond donors (Lipinski definition) is 1. The number of rotatable bonds is 3. The number of nitrogens with zero attached hydrogens (tertiary/aromatic N) is 4. The van der Waals surface area contributed by atoms with Gasteiger partial charge in [-0.2, -0.15) is 0 Å². The highest BCUT2D eigenvalue weighted by Crippen LogP contribution is 2.40. The van der Waals surface area contributed by atoms with Crippen LogP contribution in [-0.4, -0.2) is 26.1 Å². The van der Waals surface area contributed by atoms with Crippen LogP contribution in [0.1, 0.15) is 44.5 Å². The first-order valence-corrected chi connectivity index (χ1v) is 7.57. The lowest BCUT2D eigenvalue weighted by molar-refractivity contribution is 0.255. The Balaban J connectivity index is 2.03. The molecule has 1 unspecified atom stereocenters. The van der Waals surface area contributed by atoms with E-state index in [2.05, 4.69) is 36.1 Å². The van der Waals surface area contributed by atoms with Crippen molar-refractivity contribution in [3.8, 4) is 11.6 Å². The third-order valence-electron chi connectivity index (χ3n) is 4.15. The highest BCUT2D eigenvalue weighted by Gasteiger charge is 2.33. The molecule has 1 aliphatic rings. The standard InChI is InChI=1S/C16H23N5/c1-5-17-12-8-16(2,3)9-13-11(12)10-19-14(20-13)15-18-6-7-21(15)4/h6-7,10,12,17H,5,8-9H2,1-4H3. The van der Waals surface area contributed by atoms with Gasteiger partial charge in [0.1, 0.15) is 0 Å². The van der Waals surface area contributed by atoms with Gasteiger partial charge in [0.2, 0.25) is 0 Å². The second kappa shape index (κ2) is 5.22. The SMILES string of the molecule is CCNC1CC(C)(C)Cc2nc(-c3nccn3C)ncc21. The molecule has 0 amide bonds. The smallest absolute Gasteiger partial charge is 0.196 e. The molecule has 2 aromatic rings. The van der Waals surface area contributed by atoms with Gasteiger partial charge in [0, 0.05) is 42.9 Å². The zero-order chi connectivity index (χ0) is 15.0. The van der Waals surface area contributed by atoms with Crippen molar-refractivity contribution in [2.75, 3.05) is 6.54 Å². The monoisotopic (exact) mass is 285 g/mol. The van der Waals surface area contributed by atoms with Gasteiger partial charge in [-0.15, -0.1) is 0 Å². The summed E-state index contributed by atoms with van der Waals surface area (Å²) >= 11 is 0. The summed E-state index contributed by atoms with van der Waals surface area (Å²) in [6.07, 6.45) is 7.80. The van der Waals surface area contributed by atoms with Gasteiger partial charge in [-0.25, -0.2) is 15.0 Å². The largest absolute Gasteiger partial charge is 0.331 e. The predicted octanol–water partition coefficient (Wildman–Crippen LogP) is 2.50. The highest BCUT2D eigenvalue weighted by molar-refractivity contribution is 5.45. The second-order valence-corrected chi connectivity index (χ2v) is 6.61. The van der Waals surface area contributed by atoms with Crippen LogP contribution >= 0.6 is 0 Å². The zero-order valence-corrected chi connectivity index (χ0v) is 13.2. The first-order chi connectivity index (χ1) is 10.00. The van der Waals surface area contributed by atoms with E-state index in [1.165, 1.54) is 5.56 Å². The molecule has 0 radical (unpaired) electrons. The van der Waals surface area contributed by atoms with Gasteiger partial charge in [-0.1, -0.05) is 20.8 Å². The normalized spacial score (nSPS) is 20.3. The van der Waals surface area contributed by atoms with Crippen LogP contribution in [0.2, 0.25) is 0 Å². The van der Waals surface area contributed by atoms with Crippen LogP contribution in [0.15, 0.2) is 18.6 Å². The molecule has 0 aromatic carbocycles. The lowest BCUT2D eigenvalue weighted by Gasteiger charge is -2.36. The van der Waals surface area contributed by atoms with Crippen molar-refractivity contribution in [1.82, 2.24) is 24.8 Å². The molecule has 112 valence electrons. The number of aromatic nitrogens is 4. The van der Waals surface area contributed by atoms with Crippen molar-refractivity contribution in [2.24, 2.45) is 12.5 Å². The molecule has 1 N–H and O–H groups in total. The fourth-order valence-corrected chi connectivity index (χ4v) is 3.16. The Morgan fingerprint density at radius 2 is 2.19 bits per heavy atom. The van der Waals surface area contributed by atoms with Gasteiger partial charge in [0.05, 0.1) is 0 Å². The Morgan fingerprint density at radius 3 is 2.86 bits per heavy atom. The summed E-state index contributed by atoms with van der Waals surface area (Å²) in [7, 11) is 1.97. The van der Waals surface area contributed by atoms with E-state index in [9.17, 15) is 0 Å². The van der Waals surface area contributed by atoms with E-state index in [1.54, 1.807) is 6.20 Å². The van der Waals surface area contributed by atoms with E-state index >= 15 is 0 Å². The van der Waals surface area contributed by atoms with E-state index in [-0.39, 0.29) is 5.41 Å². The Bertz CT molecular complexity index is 644. The predicted molar refractivity (Wildman–Crippen MR) is 82.8 cm³/mol. The quantitative estimate of drug-likeness (QED) is 0.941. The van der Waals surface area contributed by atoms with E-state index in [0.29, 0.717) is 11.9 Å². The van der Waals surface area contributed by atoms with Crippen LogP contribution in [-0.2, 0) is 13.5 Å². The van der Waals surface area contributed by atoms with Crippen LogP contribution in [0.25, 0.3) is 11.6 Å². The van der Waals surface area contributed by atoms with Crippen molar-refractivity contribution >= 4 is 0 Å². The van der Waals surface area contributed by atoms with Crippen LogP contribution in [0, 0.1) is 5.41 Å². The number of imidazole rings is 1. The molecule has 0 spiro atoms. The van der Waals surface area contributed by atoms with E-state index in [0.717, 1.165) is 30.9 Å². The van der Waals surface area contributed by atoms with Crippen LogP contribution < -0.4 is 5.32 Å². The van der Waals surface area contributed by atoms with Gasteiger partial charge >= 0.3 is 0 Å². The summed E-state index contributed by atoms with van der Waals surface area (Å²) in [5, 5.41) is 3.56. The van der Waals surface area contributed by atoms with Crippen molar-refractivity contribution in [2.45, 2.75) is 39.7 Å². The maximum absolute atomic E-state index is 4.81. The fourth-order valence-electron chi connectivity index (χ4n) is 3.16. The molecular weight excluding hydrogens is 262 g/mol. The molecular formula is C16H23N5. The molecule has 1 aliphatic carbocycles. The number of hydrogen-bond acceptors (Lipinski definition) is 4. The van der Waals surface area contributed by atoms with Crippen molar-refractivity contribution < 1.29 is 0 Å². The zero-order valence-electron chi connectivity index (χ0n) is 13.2. The van der Waals surface area contributed by atoms with E-state index in [1.807, 2.05) is 24.0 Å². The van der Waals surface area contributed by atoms with Gasteiger partial charge in [-0.05, 0) is 24.8 Å². The Labute approximate surface area is 125 Å². The topological polar surface area (TPSA) is 55.6 Å². The summed E-state index contributed by atoms with van der Waals surface area (Å²) in [5.41, 5.74) is 2.66. The number of fused-ring (bicyclic) bond motifs is 1. The fraction of sp³-hybridized carbons (Fsp3) is 0.562. The molecule has 5 heteroatoms. The molecule has 5 nitrogen and oxygen atoms in total. The molecule has 2 aromatic heterocycles. The van der Waals surface area contributed by atoms with Gasteiger partial charge in [-0.3, -0.25) is 0 Å². The van der Waals surface area contributed by atoms with Crippen molar-refractivity contribution in [3.63, 3.8) is 0 Å². The van der Waals surface area contributed by atoms with Crippen molar-refractivity contribution in [3.05, 3.63) is 29.8 Å². The van der Waals surface area contributed by atoms with E-state index in [4.69, 9.17) is 4.98 Å². The minimum Gasteiger partial charge on any atom is -0.331 e. The first kappa shape index (κ1) is 14.2. The average Bonchev–Trinajstić information content (AvgIpc) is 2.83. The summed E-state index contributed by atoms with van der Waals surface area (Å²) in [6, 6.07) is 0.351. The third kappa shape index (κ3) is 2.70. The Hall–Kier alpha value is -1.75. The van der Waals surface area contributed by atoms with Crippen LogP contribution in [0.5, 0.6) is 0 Å². The van der Waals surface area contributed by atoms with Gasteiger partial charge in [0.15, 0.2) is 11.6 Å². The summed E-state index contributed by atoms with van der Waals surface area (Å²) in [6.45, 7) is 7.72. The van der Waals surface area contributed by atoms with E-state index < -0.39 is 0 Å². The molecule has 21 heavy (non-hydrogen) atoms. The molecule has 1 atom stereocenters. The molecule has 0 bridgehead atoms. The molecule has 0 fully saturated rings. The minimum atomic E-state index is 0.257. The Kier molecular flexibility index (Phi) is 3.53. The summed E-state index contributed by atoms with van der Waals surface area (Å²) < 4.78 is 1.96. The lowest BCUT2D eigenvalue weighted by Crippen LogP contribution is -2.34. The molecule has 3 rings (SSSR count). The summed E-state index contributed by atoms with van der Waals surface area (Å²) in [5.74, 6) is 1.54. The molecule has 0 aliphatic heterocycles. The molecule has 0 saturated carbocycles. The highest BCUT2D eigenvalue weighted by atomic mass is 15.1. The minimum absolute atomic E-state index is 0.257. The maximum Gasteiger partial charge on any atom is 0.196 e. The van der Waals surface area contributed by atoms with Crippen molar-refractivity contribution in [1.29, 1.82) is 0 Å². The first-order valence-electron chi connectivity index (χ1n) is 7.57. The number of aryl methyl sites for hydroxylation is 1. The Morgan fingerprint density at radius 1 is 1.38 bits per heavy atom. The van der Waals surface area contributed by atoms with Crippen LogP contribution in [0.4, 0.5) is 0 Å². The van der Waals surface area contributed by atoms with Crippen LogP contribution in [0.3, 0.4) is 0 Å². The second-order valence-electron chi connectivity index (χ2n) is 6.61. The van der Waals surface area contributed by atoms with Gasteiger partial charge < -0.3 is 9.88 Å². The molecule has 0 saturated heterocycles. The lowest BCUT2D eigenvalue weighted by atomic mass is 9.74. The third-order valence-corrected chi connectivity index (χ3v) is 4.15. The summed E-state index contributed by atoms with van der Waals surface area (Å²) in [4.78, 5) is 13.7.